The van der Waals surface area contributed by atoms with Crippen molar-refractivity contribution in [2.75, 3.05) is 11.9 Å². The minimum Gasteiger partial charge on any atom is -0.444 e. The van der Waals surface area contributed by atoms with Crippen LogP contribution in [-0.2, 0) is 30.5 Å². The molecule has 4 aromatic rings. The number of halogens is 1. The number of anilines is 2. The summed E-state index contributed by atoms with van der Waals surface area (Å²) < 4.78 is 6.45. The first kappa shape index (κ1) is 27.5. The van der Waals surface area contributed by atoms with Crippen molar-refractivity contribution in [1.29, 1.82) is 0 Å². The summed E-state index contributed by atoms with van der Waals surface area (Å²) in [5, 5.41) is 7.04. The number of hydrogen-bond acceptors (Lipinski definition) is 9. The van der Waals surface area contributed by atoms with Crippen LogP contribution in [0, 0.1) is 0 Å². The second-order valence-corrected chi connectivity index (χ2v) is 12.9. The summed E-state index contributed by atoms with van der Waals surface area (Å²) in [6.45, 7) is 6.59. The number of amides is 1. The molecule has 5 rings (SSSR count). The van der Waals surface area contributed by atoms with Crippen LogP contribution in [0.25, 0.3) is 0 Å². The lowest BCUT2D eigenvalue weighted by atomic mass is 10.1. The SMILES string of the molecule is CC(C)(C)OC(=O)N1CCc2ncnc(Sc3cc(Nc4nc(CCc5ccccc5)cs4)ncc3Br)c2C1. The Hall–Kier alpha value is -3.02. The van der Waals surface area contributed by atoms with Gasteiger partial charge >= 0.3 is 6.09 Å². The third-order valence-corrected chi connectivity index (χ3v) is 8.74. The number of carbonyl (C=O) groups excluding carboxylic acids is 1. The van der Waals surface area contributed by atoms with Gasteiger partial charge in [-0.05, 0) is 61.2 Å². The Morgan fingerprint density at radius 2 is 2.00 bits per heavy atom. The molecule has 1 aromatic carbocycles. The van der Waals surface area contributed by atoms with Crippen LogP contribution >= 0.6 is 39.0 Å². The standard InChI is InChI=1S/C28H29BrN6O2S2/c1-28(2,3)37-27(36)35-12-11-22-20(15-35)25(32-17-31-22)39-23-13-24(30-14-21(23)29)34-26-33-19(16-38-26)10-9-18-7-5-4-6-8-18/h4-8,13-14,16-17H,9-12,15H2,1-3H3,(H,30,33,34). The van der Waals surface area contributed by atoms with Gasteiger partial charge in [0.1, 0.15) is 22.8 Å². The molecule has 3 aromatic heterocycles. The van der Waals surface area contributed by atoms with E-state index in [1.54, 1.807) is 28.8 Å². The van der Waals surface area contributed by atoms with Crippen molar-refractivity contribution in [3.8, 4) is 0 Å². The van der Waals surface area contributed by atoms with E-state index in [0.29, 0.717) is 25.3 Å². The zero-order valence-corrected chi connectivity index (χ0v) is 25.2. The average Bonchev–Trinajstić information content (AvgIpc) is 3.36. The Morgan fingerprint density at radius 3 is 2.79 bits per heavy atom. The number of nitrogens with one attached hydrogen (secondary N) is 1. The van der Waals surface area contributed by atoms with Gasteiger partial charge in [-0.3, -0.25) is 0 Å². The van der Waals surface area contributed by atoms with Crippen molar-refractivity contribution in [2.45, 2.75) is 62.1 Å². The first-order valence-corrected chi connectivity index (χ1v) is 15.1. The predicted octanol–water partition coefficient (Wildman–Crippen LogP) is 7.06. The molecule has 1 aliphatic rings. The predicted molar refractivity (Wildman–Crippen MR) is 158 cm³/mol. The molecule has 0 saturated heterocycles. The lowest BCUT2D eigenvalue weighted by Crippen LogP contribution is -2.40. The molecule has 202 valence electrons. The summed E-state index contributed by atoms with van der Waals surface area (Å²) >= 11 is 6.72. The van der Waals surface area contributed by atoms with Gasteiger partial charge in [0.05, 0.1) is 22.4 Å². The summed E-state index contributed by atoms with van der Waals surface area (Å²) in [6, 6.07) is 12.4. The van der Waals surface area contributed by atoms with Crippen LogP contribution in [0.15, 0.2) is 68.7 Å². The van der Waals surface area contributed by atoms with Crippen LogP contribution in [0.2, 0.25) is 0 Å². The molecule has 1 N–H and O–H groups in total. The van der Waals surface area contributed by atoms with E-state index in [2.05, 4.69) is 65.8 Å². The van der Waals surface area contributed by atoms with Crippen LogP contribution in [0.4, 0.5) is 15.7 Å². The minimum atomic E-state index is -0.548. The largest absolute Gasteiger partial charge is 0.444 e. The highest BCUT2D eigenvalue weighted by atomic mass is 79.9. The van der Waals surface area contributed by atoms with E-state index in [9.17, 15) is 4.79 Å². The van der Waals surface area contributed by atoms with Crippen LogP contribution in [0.5, 0.6) is 0 Å². The highest BCUT2D eigenvalue weighted by Crippen LogP contribution is 2.37. The maximum Gasteiger partial charge on any atom is 0.410 e. The van der Waals surface area contributed by atoms with Gasteiger partial charge in [0.25, 0.3) is 0 Å². The Bertz CT molecular complexity index is 1460. The van der Waals surface area contributed by atoms with E-state index in [1.165, 1.54) is 17.3 Å². The first-order chi connectivity index (χ1) is 18.7. The van der Waals surface area contributed by atoms with E-state index >= 15 is 0 Å². The third-order valence-electron chi connectivity index (χ3n) is 5.94. The van der Waals surface area contributed by atoms with Gasteiger partial charge in [-0.15, -0.1) is 11.3 Å². The smallest absolute Gasteiger partial charge is 0.410 e. The molecule has 8 nitrogen and oxygen atoms in total. The maximum absolute atomic E-state index is 12.7. The molecule has 0 aliphatic carbocycles. The second kappa shape index (κ2) is 12.0. The fraction of sp³-hybridized carbons (Fsp3) is 0.321. The van der Waals surface area contributed by atoms with E-state index in [0.717, 1.165) is 49.3 Å². The number of pyridine rings is 1. The topological polar surface area (TPSA) is 93.1 Å². The fourth-order valence-electron chi connectivity index (χ4n) is 4.06. The number of hydrogen-bond donors (Lipinski definition) is 1. The van der Waals surface area contributed by atoms with Gasteiger partial charge in [-0.1, -0.05) is 42.1 Å². The second-order valence-electron chi connectivity index (χ2n) is 10.1. The Balaban J connectivity index is 1.28. The van der Waals surface area contributed by atoms with Crippen molar-refractivity contribution < 1.29 is 9.53 Å². The highest BCUT2D eigenvalue weighted by molar-refractivity contribution is 9.10. The van der Waals surface area contributed by atoms with E-state index in [-0.39, 0.29) is 6.09 Å². The molecular weight excluding hydrogens is 596 g/mol. The van der Waals surface area contributed by atoms with Gasteiger partial charge in [-0.25, -0.2) is 24.7 Å². The number of nitrogens with zero attached hydrogens (tertiary/aromatic N) is 5. The van der Waals surface area contributed by atoms with Crippen LogP contribution in [0.3, 0.4) is 0 Å². The van der Waals surface area contributed by atoms with Crippen molar-refractivity contribution in [3.63, 3.8) is 0 Å². The lowest BCUT2D eigenvalue weighted by Gasteiger charge is -2.31. The number of aromatic nitrogens is 4. The van der Waals surface area contributed by atoms with Crippen molar-refractivity contribution in [3.05, 3.63) is 81.3 Å². The van der Waals surface area contributed by atoms with Crippen LogP contribution in [0.1, 0.15) is 43.3 Å². The van der Waals surface area contributed by atoms with E-state index in [4.69, 9.17) is 9.72 Å². The van der Waals surface area contributed by atoms with Gasteiger partial charge < -0.3 is 15.0 Å². The number of carbonyl (C=O) groups is 1. The maximum atomic E-state index is 12.7. The molecule has 0 spiro atoms. The lowest BCUT2D eigenvalue weighted by molar-refractivity contribution is 0.0220. The average molecular weight is 626 g/mol. The molecule has 39 heavy (non-hydrogen) atoms. The molecule has 1 amide bonds. The summed E-state index contributed by atoms with van der Waals surface area (Å²) in [7, 11) is 0. The normalized spacial score (nSPS) is 13.2. The molecule has 0 radical (unpaired) electrons. The van der Waals surface area contributed by atoms with Gasteiger partial charge in [0.15, 0.2) is 5.13 Å². The summed E-state index contributed by atoms with van der Waals surface area (Å²) in [4.78, 5) is 33.7. The zero-order chi connectivity index (χ0) is 27.4. The quantitative estimate of drug-likeness (QED) is 0.218. The Labute approximate surface area is 244 Å². The van der Waals surface area contributed by atoms with Crippen LogP contribution in [-0.4, -0.2) is 43.1 Å². The number of aryl methyl sites for hydroxylation is 2. The third kappa shape index (κ3) is 7.34. The molecule has 0 saturated carbocycles. The van der Waals surface area contributed by atoms with Gasteiger partial charge in [0.2, 0.25) is 0 Å². The summed E-state index contributed by atoms with van der Waals surface area (Å²) in [5.41, 5.74) is 3.72. The molecule has 0 bridgehead atoms. The van der Waals surface area contributed by atoms with E-state index < -0.39 is 5.60 Å². The van der Waals surface area contributed by atoms with Gasteiger partial charge in [-0.2, -0.15) is 0 Å². The summed E-state index contributed by atoms with van der Waals surface area (Å²) in [5.74, 6) is 0.697. The number of fused-ring (bicyclic) bond motifs is 1. The molecule has 0 unspecified atom stereocenters. The monoisotopic (exact) mass is 624 g/mol. The number of thiazole rings is 1. The molecular formula is C28H29BrN6O2S2. The molecule has 1 aliphatic heterocycles. The number of benzene rings is 1. The van der Waals surface area contributed by atoms with Gasteiger partial charge in [0, 0.05) is 35.0 Å². The fourth-order valence-corrected chi connectivity index (χ4v) is 6.21. The van der Waals surface area contributed by atoms with Crippen LogP contribution < -0.4 is 5.32 Å². The molecule has 4 heterocycles. The minimum absolute atomic E-state index is 0.323. The molecule has 11 heteroatoms. The summed E-state index contributed by atoms with van der Waals surface area (Å²) in [6.07, 6.45) is 5.54. The molecule has 0 atom stereocenters. The van der Waals surface area contributed by atoms with Crippen molar-refractivity contribution in [1.82, 2.24) is 24.8 Å². The zero-order valence-electron chi connectivity index (χ0n) is 22.0. The first-order valence-electron chi connectivity index (χ1n) is 12.6. The highest BCUT2D eigenvalue weighted by Gasteiger charge is 2.28. The Morgan fingerprint density at radius 1 is 1.18 bits per heavy atom. The molecule has 0 fully saturated rings. The van der Waals surface area contributed by atoms with Crippen molar-refractivity contribution in [2.24, 2.45) is 0 Å². The van der Waals surface area contributed by atoms with Crippen molar-refractivity contribution >= 4 is 56.1 Å². The number of ether oxygens (including phenoxy) is 1. The van der Waals surface area contributed by atoms with E-state index in [1.807, 2.05) is 32.9 Å². The Kier molecular flexibility index (Phi) is 8.49. The number of rotatable bonds is 7.